The monoisotopic (exact) mass is 272 g/mol. The maximum atomic E-state index is 11.6. The summed E-state index contributed by atoms with van der Waals surface area (Å²) in [4.78, 5) is 15.3. The Morgan fingerprint density at radius 3 is 2.84 bits per heavy atom. The molecule has 1 heterocycles. The van der Waals surface area contributed by atoms with Crippen LogP contribution in [0.1, 0.15) is 12.6 Å². The molecule has 0 saturated heterocycles. The third kappa shape index (κ3) is 3.89. The summed E-state index contributed by atoms with van der Waals surface area (Å²) >= 11 is 0. The second-order valence-electron chi connectivity index (χ2n) is 3.53. The number of aromatic nitrogens is 2. The highest BCUT2D eigenvalue weighted by molar-refractivity contribution is 6.00. The lowest BCUT2D eigenvalue weighted by Gasteiger charge is -2.13. The van der Waals surface area contributed by atoms with E-state index in [0.717, 1.165) is 0 Å². The lowest BCUT2D eigenvalue weighted by Crippen LogP contribution is -2.39. The van der Waals surface area contributed by atoms with Gasteiger partial charge in [-0.2, -0.15) is 0 Å². The number of hydroxylamine groups is 1. The van der Waals surface area contributed by atoms with Crippen LogP contribution in [0.25, 0.3) is 0 Å². The highest BCUT2D eigenvalue weighted by Crippen LogP contribution is 2.11. The third-order valence-corrected chi connectivity index (χ3v) is 2.20. The molecule has 0 fully saturated rings. The van der Waals surface area contributed by atoms with Gasteiger partial charge in [0.1, 0.15) is 6.04 Å². The second kappa shape index (κ2) is 7.28. The van der Waals surface area contributed by atoms with E-state index in [1.807, 2.05) is 5.48 Å². The van der Waals surface area contributed by atoms with Crippen LogP contribution in [0.2, 0.25) is 0 Å². The van der Waals surface area contributed by atoms with Gasteiger partial charge in [-0.05, 0) is 17.2 Å². The van der Waals surface area contributed by atoms with E-state index in [4.69, 9.17) is 10.3 Å². The van der Waals surface area contributed by atoms with Crippen LogP contribution in [-0.2, 0) is 4.79 Å². The minimum atomic E-state index is -0.631. The summed E-state index contributed by atoms with van der Waals surface area (Å²) in [5, 5.41) is 29.9. The number of nitrogens with one attached hydrogen (secondary N) is 3. The van der Waals surface area contributed by atoms with E-state index in [9.17, 15) is 4.79 Å². The Balaban J connectivity index is 2.72. The fourth-order valence-corrected chi connectivity index (χ4v) is 1.25. The smallest absolute Gasteiger partial charge is 0.242 e. The van der Waals surface area contributed by atoms with Crippen LogP contribution in [0.4, 0.5) is 5.82 Å². The molecule has 0 saturated carbocycles. The van der Waals surface area contributed by atoms with Crippen molar-refractivity contribution in [2.24, 2.45) is 4.99 Å². The van der Waals surface area contributed by atoms with E-state index in [1.54, 1.807) is 6.92 Å². The summed E-state index contributed by atoms with van der Waals surface area (Å²) in [6, 6.07) is -0.631. The van der Waals surface area contributed by atoms with Crippen LogP contribution in [-0.4, -0.2) is 58.6 Å². The molecule has 0 aliphatic heterocycles. The Morgan fingerprint density at radius 2 is 2.26 bits per heavy atom. The van der Waals surface area contributed by atoms with Gasteiger partial charge in [0.05, 0.1) is 6.61 Å². The van der Waals surface area contributed by atoms with Crippen molar-refractivity contribution in [2.75, 3.05) is 25.5 Å². The molecule has 1 aromatic rings. The van der Waals surface area contributed by atoms with E-state index in [1.165, 1.54) is 7.05 Å². The number of aliphatic hydroxyl groups excluding tert-OH is 1. The number of amides is 1. The number of hydrogen-bond acceptors (Lipinski definition) is 8. The second-order valence-corrected chi connectivity index (χ2v) is 3.53. The number of hydrogen-bond donors (Lipinski definition) is 5. The quantitative estimate of drug-likeness (QED) is 0.235. The van der Waals surface area contributed by atoms with E-state index in [0.29, 0.717) is 0 Å². The predicted molar refractivity (Wildman–Crippen MR) is 64.9 cm³/mol. The van der Waals surface area contributed by atoms with Crippen molar-refractivity contribution in [1.82, 2.24) is 21.1 Å². The molecule has 19 heavy (non-hydrogen) atoms. The van der Waals surface area contributed by atoms with Crippen molar-refractivity contribution in [2.45, 2.75) is 13.0 Å². The SMILES string of the molecule is CN=C(NO)c1nonc1NC(C)C(=O)NCCO. The number of aliphatic imine (C=N–C) groups is 1. The fraction of sp³-hybridized carbons (Fsp3) is 0.556. The lowest BCUT2D eigenvalue weighted by atomic mass is 10.3. The topological polar surface area (TPSA) is 145 Å². The van der Waals surface area contributed by atoms with Crippen molar-refractivity contribution >= 4 is 17.6 Å². The first-order valence-electron chi connectivity index (χ1n) is 5.49. The van der Waals surface area contributed by atoms with Crippen molar-refractivity contribution in [1.29, 1.82) is 0 Å². The van der Waals surface area contributed by atoms with Gasteiger partial charge in [0, 0.05) is 13.6 Å². The van der Waals surface area contributed by atoms with Crippen LogP contribution >= 0.6 is 0 Å². The Labute approximate surface area is 108 Å². The first-order chi connectivity index (χ1) is 9.13. The summed E-state index contributed by atoms with van der Waals surface area (Å²) in [6.07, 6.45) is 0. The Kier molecular flexibility index (Phi) is 5.70. The minimum absolute atomic E-state index is 0.0479. The molecule has 0 spiro atoms. The molecule has 0 aliphatic rings. The van der Waals surface area contributed by atoms with E-state index in [-0.39, 0.29) is 36.4 Å². The molecule has 1 atom stereocenters. The van der Waals surface area contributed by atoms with Crippen LogP contribution in [0.15, 0.2) is 9.62 Å². The zero-order valence-electron chi connectivity index (χ0n) is 10.5. The molecular formula is C9H16N6O4. The third-order valence-electron chi connectivity index (χ3n) is 2.20. The van der Waals surface area contributed by atoms with Gasteiger partial charge in [0.15, 0.2) is 11.5 Å². The molecule has 0 aromatic carbocycles. The molecule has 10 heteroatoms. The number of aliphatic hydroxyl groups is 1. The largest absolute Gasteiger partial charge is 0.395 e. The maximum Gasteiger partial charge on any atom is 0.242 e. The van der Waals surface area contributed by atoms with Crippen LogP contribution in [0.5, 0.6) is 0 Å². The number of amidine groups is 1. The van der Waals surface area contributed by atoms with Crippen LogP contribution in [0, 0.1) is 0 Å². The highest BCUT2D eigenvalue weighted by atomic mass is 16.6. The first-order valence-corrected chi connectivity index (χ1v) is 5.49. The van der Waals surface area contributed by atoms with E-state index >= 15 is 0 Å². The van der Waals surface area contributed by atoms with Gasteiger partial charge >= 0.3 is 0 Å². The normalized spacial score (nSPS) is 12.9. The summed E-state index contributed by atoms with van der Waals surface area (Å²) in [5.74, 6) is -0.115. The van der Waals surface area contributed by atoms with Gasteiger partial charge in [-0.1, -0.05) is 0 Å². The molecule has 1 aromatic heterocycles. The Morgan fingerprint density at radius 1 is 1.53 bits per heavy atom. The van der Waals surface area contributed by atoms with Gasteiger partial charge < -0.3 is 15.7 Å². The van der Waals surface area contributed by atoms with E-state index < -0.39 is 6.04 Å². The van der Waals surface area contributed by atoms with Crippen molar-refractivity contribution in [3.63, 3.8) is 0 Å². The Hall–Kier alpha value is -2.20. The molecule has 1 amide bonds. The van der Waals surface area contributed by atoms with E-state index in [2.05, 4.69) is 30.6 Å². The first kappa shape index (κ1) is 14.9. The molecular weight excluding hydrogens is 256 g/mol. The zero-order chi connectivity index (χ0) is 14.3. The lowest BCUT2D eigenvalue weighted by molar-refractivity contribution is -0.121. The summed E-state index contributed by atoms with van der Waals surface area (Å²) < 4.78 is 4.53. The van der Waals surface area contributed by atoms with Gasteiger partial charge in [0.2, 0.25) is 11.7 Å². The zero-order valence-corrected chi connectivity index (χ0v) is 10.5. The van der Waals surface area contributed by atoms with Gasteiger partial charge in [-0.25, -0.2) is 4.63 Å². The van der Waals surface area contributed by atoms with Gasteiger partial charge in [-0.15, -0.1) is 0 Å². The van der Waals surface area contributed by atoms with Crippen molar-refractivity contribution in [3.05, 3.63) is 5.69 Å². The molecule has 0 aliphatic carbocycles. The van der Waals surface area contributed by atoms with Crippen molar-refractivity contribution in [3.8, 4) is 0 Å². The number of anilines is 1. The number of carbonyl (C=O) groups excluding carboxylic acids is 1. The standard InChI is InChI=1S/C9H16N6O4/c1-5(9(17)11-3-4-16)12-8-6(14-19-15-8)7(10-2)13-18/h5,16,18H,3-4H2,1-2H3,(H,10,13)(H,11,17)(H,12,15). The number of nitrogens with zero attached hydrogens (tertiary/aromatic N) is 3. The average Bonchev–Trinajstić information content (AvgIpc) is 2.85. The maximum absolute atomic E-state index is 11.6. The molecule has 10 nitrogen and oxygen atoms in total. The molecule has 1 unspecified atom stereocenters. The molecule has 0 radical (unpaired) electrons. The van der Waals surface area contributed by atoms with Gasteiger partial charge in [0.25, 0.3) is 0 Å². The van der Waals surface area contributed by atoms with Crippen LogP contribution in [0.3, 0.4) is 0 Å². The number of carbonyl (C=O) groups is 1. The summed E-state index contributed by atoms with van der Waals surface area (Å²) in [7, 11) is 1.44. The fourth-order valence-electron chi connectivity index (χ4n) is 1.25. The molecule has 1 rings (SSSR count). The van der Waals surface area contributed by atoms with Crippen LogP contribution < -0.4 is 16.1 Å². The predicted octanol–water partition coefficient (Wildman–Crippen LogP) is -1.67. The average molecular weight is 272 g/mol. The Bertz CT molecular complexity index is 446. The molecule has 0 bridgehead atoms. The van der Waals surface area contributed by atoms with Crippen molar-refractivity contribution < 1.29 is 19.7 Å². The number of rotatable bonds is 6. The minimum Gasteiger partial charge on any atom is -0.395 e. The van der Waals surface area contributed by atoms with Gasteiger partial charge in [-0.3, -0.25) is 20.5 Å². The summed E-state index contributed by atoms with van der Waals surface area (Å²) in [6.45, 7) is 1.62. The summed E-state index contributed by atoms with van der Waals surface area (Å²) in [5.41, 5.74) is 1.99. The highest BCUT2D eigenvalue weighted by Gasteiger charge is 2.20. The molecule has 5 N–H and O–H groups in total. The molecule has 106 valence electrons.